The zero-order valence-corrected chi connectivity index (χ0v) is 8.40. The van der Waals surface area contributed by atoms with Gasteiger partial charge < -0.3 is 5.73 Å². The highest BCUT2D eigenvalue weighted by molar-refractivity contribution is 7.80. The molecule has 0 heterocycles. The van der Waals surface area contributed by atoms with Gasteiger partial charge in [0, 0.05) is 11.3 Å². The lowest BCUT2D eigenvalue weighted by Gasteiger charge is -2.00. The molecule has 1 nitrogen and oxygen atoms in total. The van der Waals surface area contributed by atoms with Gasteiger partial charge in [0.1, 0.15) is 11.6 Å². The fraction of sp³-hybridized carbons (Fsp3) is 0.200. The Morgan fingerprint density at radius 3 is 2.36 bits per heavy atom. The van der Waals surface area contributed by atoms with Crippen LogP contribution in [0.3, 0.4) is 0 Å². The second kappa shape index (κ2) is 5.00. The first kappa shape index (κ1) is 11.0. The number of halogens is 2. The van der Waals surface area contributed by atoms with Gasteiger partial charge in [-0.1, -0.05) is 12.2 Å². The number of hydrogen-bond donors (Lipinski definition) is 2. The molecular formula is C10H11F2NS. The summed E-state index contributed by atoms with van der Waals surface area (Å²) < 4.78 is 26.3. The van der Waals surface area contributed by atoms with Gasteiger partial charge in [0.15, 0.2) is 0 Å². The molecule has 0 atom stereocenters. The van der Waals surface area contributed by atoms with Crippen molar-refractivity contribution in [3.8, 4) is 0 Å². The Balaban J connectivity index is 2.96. The molecule has 0 aliphatic heterocycles. The third-order valence-electron chi connectivity index (χ3n) is 1.68. The molecule has 1 rings (SSSR count). The van der Waals surface area contributed by atoms with Gasteiger partial charge in [0.25, 0.3) is 0 Å². The largest absolute Gasteiger partial charge is 0.399 e. The van der Waals surface area contributed by atoms with E-state index < -0.39 is 11.6 Å². The molecular weight excluding hydrogens is 204 g/mol. The predicted octanol–water partition coefficient (Wildman–Crippen LogP) is 2.88. The molecule has 1 aromatic rings. The van der Waals surface area contributed by atoms with Crippen LogP contribution in [0.25, 0.3) is 6.08 Å². The van der Waals surface area contributed by atoms with Crippen molar-refractivity contribution in [2.75, 3.05) is 11.5 Å². The first-order chi connectivity index (χ1) is 6.65. The van der Waals surface area contributed by atoms with Gasteiger partial charge in [-0.05, 0) is 24.3 Å². The second-order valence-electron chi connectivity index (χ2n) is 2.81. The van der Waals surface area contributed by atoms with E-state index in [1.165, 1.54) is 6.08 Å². The number of thiol groups is 1. The third kappa shape index (κ3) is 2.73. The van der Waals surface area contributed by atoms with Crippen LogP contribution in [0.4, 0.5) is 14.5 Å². The summed E-state index contributed by atoms with van der Waals surface area (Å²) in [6.07, 6.45) is 3.75. The van der Waals surface area contributed by atoms with Crippen LogP contribution in [-0.2, 0) is 0 Å². The molecule has 76 valence electrons. The van der Waals surface area contributed by atoms with Crippen LogP contribution in [0.5, 0.6) is 0 Å². The number of nitrogens with two attached hydrogens (primary N) is 1. The monoisotopic (exact) mass is 215 g/mol. The highest BCUT2D eigenvalue weighted by atomic mass is 32.1. The van der Waals surface area contributed by atoms with Crippen molar-refractivity contribution < 1.29 is 8.78 Å². The second-order valence-corrected chi connectivity index (χ2v) is 3.26. The molecule has 0 bridgehead atoms. The maximum atomic E-state index is 13.1. The fourth-order valence-electron chi connectivity index (χ4n) is 1.04. The third-order valence-corrected chi connectivity index (χ3v) is 1.94. The van der Waals surface area contributed by atoms with Gasteiger partial charge in [-0.15, -0.1) is 0 Å². The Labute approximate surface area is 87.0 Å². The normalized spacial score (nSPS) is 11.1. The molecule has 1 aromatic carbocycles. The first-order valence-electron chi connectivity index (χ1n) is 4.17. The molecule has 4 heteroatoms. The average Bonchev–Trinajstić information content (AvgIpc) is 2.09. The lowest BCUT2D eigenvalue weighted by molar-refractivity contribution is 0.580. The van der Waals surface area contributed by atoms with Crippen LogP contribution >= 0.6 is 12.6 Å². The van der Waals surface area contributed by atoms with Crippen molar-refractivity contribution in [1.82, 2.24) is 0 Å². The quantitative estimate of drug-likeness (QED) is 0.588. The van der Waals surface area contributed by atoms with Crippen LogP contribution in [0.15, 0.2) is 18.2 Å². The van der Waals surface area contributed by atoms with Gasteiger partial charge in [0.2, 0.25) is 0 Å². The zero-order chi connectivity index (χ0) is 10.6. The smallest absolute Gasteiger partial charge is 0.135 e. The molecule has 0 aliphatic rings. The van der Waals surface area contributed by atoms with Gasteiger partial charge in [-0.25, -0.2) is 8.78 Å². The summed E-state index contributed by atoms with van der Waals surface area (Å²) in [4.78, 5) is 0. The number of anilines is 1. The van der Waals surface area contributed by atoms with E-state index in [-0.39, 0.29) is 11.3 Å². The van der Waals surface area contributed by atoms with Gasteiger partial charge in [-0.3, -0.25) is 0 Å². The van der Waals surface area contributed by atoms with E-state index >= 15 is 0 Å². The topological polar surface area (TPSA) is 26.0 Å². The molecule has 0 saturated heterocycles. The Hall–Kier alpha value is -1.03. The number of nitrogen functional groups attached to an aromatic ring is 1. The lowest BCUT2D eigenvalue weighted by atomic mass is 10.1. The highest BCUT2D eigenvalue weighted by Crippen LogP contribution is 2.18. The SMILES string of the molecule is Nc1cc(F)c(C=CCCS)c(F)c1. The van der Waals surface area contributed by atoms with Crippen LogP contribution in [0.2, 0.25) is 0 Å². The van der Waals surface area contributed by atoms with E-state index in [9.17, 15) is 8.78 Å². The van der Waals surface area contributed by atoms with Crippen LogP contribution < -0.4 is 5.73 Å². The zero-order valence-electron chi connectivity index (χ0n) is 7.50. The minimum Gasteiger partial charge on any atom is -0.399 e. The Kier molecular flexibility index (Phi) is 3.95. The summed E-state index contributed by atoms with van der Waals surface area (Å²) in [5, 5.41) is 0. The molecule has 0 saturated carbocycles. The van der Waals surface area contributed by atoms with E-state index in [0.29, 0.717) is 12.2 Å². The van der Waals surface area contributed by atoms with Gasteiger partial charge in [0.05, 0.1) is 0 Å². The summed E-state index contributed by atoms with van der Waals surface area (Å²) in [6.45, 7) is 0. The van der Waals surface area contributed by atoms with E-state index in [4.69, 9.17) is 5.73 Å². The number of rotatable bonds is 3. The predicted molar refractivity (Wildman–Crippen MR) is 58.3 cm³/mol. The molecule has 0 amide bonds. The maximum Gasteiger partial charge on any atom is 0.135 e. The Bertz CT molecular complexity index is 327. The van der Waals surface area contributed by atoms with Gasteiger partial charge >= 0.3 is 0 Å². The summed E-state index contributed by atoms with van der Waals surface area (Å²) >= 11 is 3.98. The minimum absolute atomic E-state index is 0.0546. The van der Waals surface area contributed by atoms with E-state index in [1.807, 2.05) is 0 Å². The molecule has 0 radical (unpaired) electrons. The summed E-state index contributed by atoms with van der Waals surface area (Å²) in [7, 11) is 0. The minimum atomic E-state index is -0.641. The number of benzene rings is 1. The fourth-order valence-corrected chi connectivity index (χ4v) is 1.19. The summed E-state index contributed by atoms with van der Waals surface area (Å²) in [5.41, 5.74) is 5.30. The van der Waals surface area contributed by atoms with Crippen molar-refractivity contribution in [3.05, 3.63) is 35.4 Å². The lowest BCUT2D eigenvalue weighted by Crippen LogP contribution is -1.93. The summed E-state index contributed by atoms with van der Waals surface area (Å²) in [6, 6.07) is 2.20. The average molecular weight is 215 g/mol. The van der Waals surface area contributed by atoms with Crippen LogP contribution in [-0.4, -0.2) is 5.75 Å². The van der Waals surface area contributed by atoms with E-state index in [1.54, 1.807) is 6.08 Å². The molecule has 0 aliphatic carbocycles. The first-order valence-corrected chi connectivity index (χ1v) is 4.80. The van der Waals surface area contributed by atoms with Crippen molar-refractivity contribution in [3.63, 3.8) is 0 Å². The summed E-state index contributed by atoms with van der Waals surface area (Å²) in [5.74, 6) is -0.634. The molecule has 0 fully saturated rings. The van der Waals surface area contributed by atoms with Crippen molar-refractivity contribution >= 4 is 24.4 Å². The van der Waals surface area contributed by atoms with Crippen LogP contribution in [0, 0.1) is 11.6 Å². The van der Waals surface area contributed by atoms with Crippen LogP contribution in [0.1, 0.15) is 12.0 Å². The Morgan fingerprint density at radius 1 is 1.29 bits per heavy atom. The van der Waals surface area contributed by atoms with Crippen molar-refractivity contribution in [2.45, 2.75) is 6.42 Å². The molecule has 14 heavy (non-hydrogen) atoms. The molecule has 2 N–H and O–H groups in total. The van der Waals surface area contributed by atoms with E-state index in [0.717, 1.165) is 12.1 Å². The maximum absolute atomic E-state index is 13.1. The molecule has 0 aromatic heterocycles. The number of hydrogen-bond acceptors (Lipinski definition) is 2. The highest BCUT2D eigenvalue weighted by Gasteiger charge is 2.06. The number of allylic oxidation sites excluding steroid dienone is 1. The van der Waals surface area contributed by atoms with Gasteiger partial charge in [-0.2, -0.15) is 12.6 Å². The molecule has 0 unspecified atom stereocenters. The van der Waals surface area contributed by atoms with Crippen molar-refractivity contribution in [2.24, 2.45) is 0 Å². The van der Waals surface area contributed by atoms with Crippen molar-refractivity contribution in [1.29, 1.82) is 0 Å². The molecule has 0 spiro atoms. The standard InChI is InChI=1S/C10H11F2NS/c11-9-5-7(13)6-10(12)8(9)3-1-2-4-14/h1,3,5-6,14H,2,4,13H2. The Morgan fingerprint density at radius 2 is 1.86 bits per heavy atom. The van der Waals surface area contributed by atoms with E-state index in [2.05, 4.69) is 12.6 Å².